The van der Waals surface area contributed by atoms with Gasteiger partial charge in [-0.3, -0.25) is 9.69 Å². The van der Waals surface area contributed by atoms with Crippen LogP contribution < -0.4 is 5.43 Å². The van der Waals surface area contributed by atoms with Crippen molar-refractivity contribution in [2.75, 3.05) is 13.1 Å². The molecule has 0 unspecified atom stereocenters. The molecule has 162 valence electrons. The Hall–Kier alpha value is -2.01. The van der Waals surface area contributed by atoms with Gasteiger partial charge in [-0.25, -0.2) is 0 Å². The Morgan fingerprint density at radius 2 is 1.60 bits per heavy atom. The highest BCUT2D eigenvalue weighted by atomic mass is 35.5. The highest BCUT2D eigenvalue weighted by Gasteiger charge is 2.19. The van der Waals surface area contributed by atoms with E-state index in [4.69, 9.17) is 16.0 Å². The third-order valence-electron chi connectivity index (χ3n) is 4.80. The van der Waals surface area contributed by atoms with E-state index in [0.29, 0.717) is 45.5 Å². The summed E-state index contributed by atoms with van der Waals surface area (Å²) in [6, 6.07) is 10.3. The van der Waals surface area contributed by atoms with Gasteiger partial charge in [-0.1, -0.05) is 51.4 Å². The number of halogens is 2. The van der Waals surface area contributed by atoms with Crippen molar-refractivity contribution in [2.24, 2.45) is 11.8 Å². The Balaban J connectivity index is 0.00000320. The first kappa shape index (κ1) is 24.3. The van der Waals surface area contributed by atoms with Crippen molar-refractivity contribution in [2.45, 2.75) is 34.2 Å². The van der Waals surface area contributed by atoms with E-state index in [2.05, 4.69) is 32.6 Å². The molecule has 4 nitrogen and oxygen atoms in total. The second-order valence-electron chi connectivity index (χ2n) is 8.41. The van der Waals surface area contributed by atoms with Crippen LogP contribution in [0.15, 0.2) is 51.9 Å². The van der Waals surface area contributed by atoms with E-state index < -0.39 is 0 Å². The highest BCUT2D eigenvalue weighted by molar-refractivity contribution is 6.30. The Bertz CT molecular complexity index is 1030. The van der Waals surface area contributed by atoms with Crippen LogP contribution in [0.2, 0.25) is 5.02 Å². The minimum absolute atomic E-state index is 0. The summed E-state index contributed by atoms with van der Waals surface area (Å²) in [6.45, 7) is 11.0. The molecule has 3 rings (SSSR count). The third-order valence-corrected chi connectivity index (χ3v) is 5.06. The summed E-state index contributed by atoms with van der Waals surface area (Å²) in [5.41, 5.74) is 2.22. The van der Waals surface area contributed by atoms with Crippen LogP contribution in [0.5, 0.6) is 5.75 Å². The molecule has 30 heavy (non-hydrogen) atoms. The molecule has 0 atom stereocenters. The second-order valence-corrected chi connectivity index (χ2v) is 8.84. The van der Waals surface area contributed by atoms with Gasteiger partial charge in [-0.05, 0) is 41.7 Å². The monoisotopic (exact) mass is 449 g/mol. The Kier molecular flexibility index (Phi) is 8.36. The lowest BCUT2D eigenvalue weighted by Gasteiger charge is -2.26. The van der Waals surface area contributed by atoms with Gasteiger partial charge < -0.3 is 9.52 Å². The summed E-state index contributed by atoms with van der Waals surface area (Å²) < 4.78 is 5.91. The van der Waals surface area contributed by atoms with Crippen molar-refractivity contribution in [1.29, 1.82) is 0 Å². The Labute approximate surface area is 188 Å². The molecule has 0 aliphatic carbocycles. The Morgan fingerprint density at radius 1 is 1.00 bits per heavy atom. The van der Waals surface area contributed by atoms with Crippen LogP contribution in [-0.2, 0) is 6.54 Å². The molecular formula is C24H29Cl2NO3. The number of phenolic OH excluding ortho intramolecular Hbond substituents is 1. The van der Waals surface area contributed by atoms with Crippen molar-refractivity contribution < 1.29 is 9.52 Å². The van der Waals surface area contributed by atoms with Crippen LogP contribution in [0.3, 0.4) is 0 Å². The molecule has 0 aliphatic heterocycles. The van der Waals surface area contributed by atoms with E-state index in [1.54, 1.807) is 36.4 Å². The molecule has 1 aromatic heterocycles. The molecule has 0 radical (unpaired) electrons. The smallest absolute Gasteiger partial charge is 0.200 e. The van der Waals surface area contributed by atoms with Gasteiger partial charge >= 0.3 is 0 Å². The number of phenols is 1. The summed E-state index contributed by atoms with van der Waals surface area (Å²) in [5.74, 6) is 1.14. The fraction of sp³-hybridized carbons (Fsp3) is 0.375. The molecule has 1 heterocycles. The second kappa shape index (κ2) is 10.3. The summed E-state index contributed by atoms with van der Waals surface area (Å²) in [5, 5.41) is 11.6. The molecule has 6 heteroatoms. The number of rotatable bonds is 7. The van der Waals surface area contributed by atoms with Crippen LogP contribution in [0.25, 0.3) is 22.1 Å². The minimum Gasteiger partial charge on any atom is -0.507 e. The molecule has 1 N–H and O–H groups in total. The van der Waals surface area contributed by atoms with Gasteiger partial charge in [0, 0.05) is 24.7 Å². The van der Waals surface area contributed by atoms with Crippen LogP contribution in [0.4, 0.5) is 0 Å². The predicted molar refractivity (Wildman–Crippen MR) is 127 cm³/mol. The lowest BCUT2D eigenvalue weighted by Crippen LogP contribution is -2.31. The normalized spacial score (nSPS) is 11.5. The molecule has 0 amide bonds. The number of fused-ring (bicyclic) bond motifs is 1. The summed E-state index contributed by atoms with van der Waals surface area (Å²) >= 11 is 5.96. The number of nitrogens with zero attached hydrogens (tertiary/aromatic N) is 1. The molecular weight excluding hydrogens is 421 g/mol. The van der Waals surface area contributed by atoms with Crippen molar-refractivity contribution in [3.8, 4) is 16.9 Å². The van der Waals surface area contributed by atoms with E-state index in [-0.39, 0.29) is 23.6 Å². The van der Waals surface area contributed by atoms with Gasteiger partial charge in [0.25, 0.3) is 0 Å². The topological polar surface area (TPSA) is 53.7 Å². The standard InChI is InChI=1S/C24H28ClNO3.ClH/c1-15(2)11-26(12-16(3)4)13-20-22(27)10-9-19-23(28)21(14-29-24(19)20)17-5-7-18(25)8-6-17;/h5-10,14-16,27H,11-13H2,1-4H3;1H. The average Bonchev–Trinajstić information content (AvgIpc) is 2.64. The lowest BCUT2D eigenvalue weighted by atomic mass is 10.0. The van der Waals surface area contributed by atoms with Crippen LogP contribution >= 0.6 is 24.0 Å². The molecule has 2 aromatic carbocycles. The largest absolute Gasteiger partial charge is 0.507 e. The van der Waals surface area contributed by atoms with E-state index in [0.717, 1.165) is 18.7 Å². The van der Waals surface area contributed by atoms with Crippen molar-refractivity contribution in [1.82, 2.24) is 4.90 Å². The first-order chi connectivity index (χ1) is 13.8. The van der Waals surface area contributed by atoms with Crippen molar-refractivity contribution in [3.05, 3.63) is 63.5 Å². The number of hydrogen-bond donors (Lipinski definition) is 1. The average molecular weight is 450 g/mol. The zero-order chi connectivity index (χ0) is 21.1. The van der Waals surface area contributed by atoms with Crippen LogP contribution in [0, 0.1) is 11.8 Å². The molecule has 0 saturated heterocycles. The third kappa shape index (κ3) is 5.57. The Morgan fingerprint density at radius 3 is 2.17 bits per heavy atom. The van der Waals surface area contributed by atoms with E-state index in [1.165, 1.54) is 6.26 Å². The maximum absolute atomic E-state index is 13.1. The number of benzene rings is 2. The molecule has 0 bridgehead atoms. The lowest BCUT2D eigenvalue weighted by molar-refractivity contribution is 0.209. The molecule has 0 saturated carbocycles. The van der Waals surface area contributed by atoms with Crippen molar-refractivity contribution in [3.63, 3.8) is 0 Å². The van der Waals surface area contributed by atoms with Gasteiger partial charge in [0.1, 0.15) is 17.6 Å². The summed E-state index contributed by atoms with van der Waals surface area (Å²) in [6.07, 6.45) is 1.48. The zero-order valence-electron chi connectivity index (χ0n) is 17.8. The predicted octanol–water partition coefficient (Wildman–Crippen LogP) is 6.35. The first-order valence-corrected chi connectivity index (χ1v) is 10.4. The molecule has 0 aliphatic rings. The SMILES string of the molecule is CC(C)CN(Cc1c(O)ccc2c(=O)c(-c3ccc(Cl)cc3)coc12)CC(C)C.Cl. The van der Waals surface area contributed by atoms with Gasteiger partial charge in [0.05, 0.1) is 16.5 Å². The molecule has 0 spiro atoms. The maximum atomic E-state index is 13.1. The van der Waals surface area contributed by atoms with Crippen LogP contribution in [0.1, 0.15) is 33.3 Å². The summed E-state index contributed by atoms with van der Waals surface area (Å²) in [4.78, 5) is 15.4. The maximum Gasteiger partial charge on any atom is 0.200 e. The molecule has 3 aromatic rings. The van der Waals surface area contributed by atoms with Gasteiger partial charge in [-0.2, -0.15) is 0 Å². The minimum atomic E-state index is -0.117. The quantitative estimate of drug-likeness (QED) is 0.456. The molecule has 0 fully saturated rings. The van der Waals surface area contributed by atoms with Gasteiger partial charge in [0.15, 0.2) is 0 Å². The fourth-order valence-electron chi connectivity index (χ4n) is 3.69. The summed E-state index contributed by atoms with van der Waals surface area (Å²) in [7, 11) is 0. The van der Waals surface area contributed by atoms with E-state index in [1.807, 2.05) is 0 Å². The zero-order valence-corrected chi connectivity index (χ0v) is 19.4. The first-order valence-electron chi connectivity index (χ1n) is 10.0. The number of hydrogen-bond acceptors (Lipinski definition) is 4. The van der Waals surface area contributed by atoms with Gasteiger partial charge in [-0.15, -0.1) is 12.4 Å². The van der Waals surface area contributed by atoms with E-state index in [9.17, 15) is 9.90 Å². The van der Waals surface area contributed by atoms with E-state index >= 15 is 0 Å². The van der Waals surface area contributed by atoms with Crippen molar-refractivity contribution >= 4 is 35.0 Å². The van der Waals surface area contributed by atoms with Crippen LogP contribution in [-0.4, -0.2) is 23.1 Å². The van der Waals surface area contributed by atoms with Gasteiger partial charge in [0.2, 0.25) is 5.43 Å². The number of aromatic hydroxyl groups is 1. The highest BCUT2D eigenvalue weighted by Crippen LogP contribution is 2.30. The fourth-order valence-corrected chi connectivity index (χ4v) is 3.81.